The Labute approximate surface area is 185 Å². The molecule has 4 rings (SSSR count). The smallest absolute Gasteiger partial charge is 0.315 e. The van der Waals surface area contributed by atoms with Gasteiger partial charge in [0, 0.05) is 25.7 Å². The number of methoxy groups -OCH3 is 1. The highest BCUT2D eigenvalue weighted by molar-refractivity contribution is 5.94. The van der Waals surface area contributed by atoms with Crippen LogP contribution < -0.4 is 0 Å². The monoisotopic (exact) mass is 420 g/mol. The van der Waals surface area contributed by atoms with Crippen LogP contribution in [0, 0.1) is 0 Å². The van der Waals surface area contributed by atoms with Gasteiger partial charge in [0.15, 0.2) is 0 Å². The first-order valence-corrected chi connectivity index (χ1v) is 11.3. The molecule has 164 valence electrons. The van der Waals surface area contributed by atoms with Crippen molar-refractivity contribution in [3.05, 3.63) is 59.2 Å². The number of carbonyl (C=O) groups excluding carboxylic acids is 2. The molecule has 2 aliphatic heterocycles. The van der Waals surface area contributed by atoms with Gasteiger partial charge in [0.25, 0.3) is 0 Å². The van der Waals surface area contributed by atoms with E-state index in [9.17, 15) is 9.59 Å². The van der Waals surface area contributed by atoms with Gasteiger partial charge < -0.3 is 14.5 Å². The maximum absolute atomic E-state index is 12.3. The summed E-state index contributed by atoms with van der Waals surface area (Å²) in [4.78, 5) is 28.0. The lowest BCUT2D eigenvalue weighted by atomic mass is 9.94. The Morgan fingerprint density at radius 3 is 2.52 bits per heavy atom. The highest BCUT2D eigenvalue weighted by atomic mass is 16.5. The van der Waals surface area contributed by atoms with Crippen molar-refractivity contribution in [3.8, 4) is 11.1 Å². The molecule has 1 saturated heterocycles. The number of rotatable bonds is 6. The maximum Gasteiger partial charge on any atom is 0.315 e. The Kier molecular flexibility index (Phi) is 6.71. The first-order valence-electron chi connectivity index (χ1n) is 11.3. The number of nitrogens with zero attached hydrogens (tertiary/aromatic N) is 2. The average Bonchev–Trinajstić information content (AvgIpc) is 3.21. The number of hydrogen-bond donors (Lipinski definition) is 0. The predicted molar refractivity (Wildman–Crippen MR) is 122 cm³/mol. The lowest BCUT2D eigenvalue weighted by Crippen LogP contribution is -2.37. The zero-order valence-electron chi connectivity index (χ0n) is 18.6. The number of benzene rings is 2. The second kappa shape index (κ2) is 9.65. The number of fused-ring (bicyclic) bond motifs is 1. The van der Waals surface area contributed by atoms with E-state index >= 15 is 0 Å². The molecule has 0 radical (unpaired) electrons. The van der Waals surface area contributed by atoms with Crippen LogP contribution >= 0.6 is 0 Å². The number of ether oxygens (including phenoxy) is 1. The van der Waals surface area contributed by atoms with E-state index in [2.05, 4.69) is 59.0 Å². The highest BCUT2D eigenvalue weighted by Crippen LogP contribution is 2.27. The fourth-order valence-electron chi connectivity index (χ4n) is 4.71. The summed E-state index contributed by atoms with van der Waals surface area (Å²) in [5.74, 6) is -0.648. The zero-order chi connectivity index (χ0) is 21.8. The molecular weight excluding hydrogens is 388 g/mol. The quantitative estimate of drug-likeness (QED) is 0.527. The van der Waals surface area contributed by atoms with Gasteiger partial charge in [-0.3, -0.25) is 9.59 Å². The fourth-order valence-corrected chi connectivity index (χ4v) is 4.71. The van der Waals surface area contributed by atoms with Gasteiger partial charge in [0.1, 0.15) is 6.42 Å². The molecule has 0 unspecified atom stereocenters. The van der Waals surface area contributed by atoms with E-state index < -0.39 is 5.97 Å². The number of hydrogen-bond acceptors (Lipinski definition) is 4. The van der Waals surface area contributed by atoms with Crippen LogP contribution in [0.25, 0.3) is 11.1 Å². The van der Waals surface area contributed by atoms with Crippen molar-refractivity contribution in [2.24, 2.45) is 0 Å². The molecule has 0 N–H and O–H groups in total. The van der Waals surface area contributed by atoms with Gasteiger partial charge in [-0.15, -0.1) is 0 Å². The summed E-state index contributed by atoms with van der Waals surface area (Å²) in [7, 11) is 1.31. The van der Waals surface area contributed by atoms with Gasteiger partial charge in [-0.2, -0.15) is 0 Å². The summed E-state index contributed by atoms with van der Waals surface area (Å²) in [5, 5.41) is 0. The molecule has 0 aliphatic carbocycles. The number of carbonyl (C=O) groups is 2. The van der Waals surface area contributed by atoms with E-state index in [0.29, 0.717) is 13.1 Å². The Hall–Kier alpha value is -2.66. The van der Waals surface area contributed by atoms with Crippen LogP contribution in [0.1, 0.15) is 42.9 Å². The summed E-state index contributed by atoms with van der Waals surface area (Å²) in [5.41, 5.74) is 6.27. The Morgan fingerprint density at radius 2 is 1.81 bits per heavy atom. The summed E-state index contributed by atoms with van der Waals surface area (Å²) < 4.78 is 4.61. The average molecular weight is 421 g/mol. The third kappa shape index (κ3) is 5.16. The summed E-state index contributed by atoms with van der Waals surface area (Å²) >= 11 is 0. The van der Waals surface area contributed by atoms with E-state index in [1.165, 1.54) is 48.8 Å². The molecule has 0 saturated carbocycles. The number of amides is 1. The van der Waals surface area contributed by atoms with E-state index in [1.807, 2.05) is 0 Å². The van der Waals surface area contributed by atoms with Crippen LogP contribution in [0.4, 0.5) is 0 Å². The van der Waals surface area contributed by atoms with Crippen LogP contribution in [0.5, 0.6) is 0 Å². The van der Waals surface area contributed by atoms with Crippen LogP contribution in [-0.2, 0) is 33.7 Å². The Bertz CT molecular complexity index is 938. The zero-order valence-corrected chi connectivity index (χ0v) is 18.6. The predicted octanol–water partition coefficient (Wildman–Crippen LogP) is 3.83. The molecular formula is C26H32N2O3. The highest BCUT2D eigenvalue weighted by Gasteiger charge is 2.23. The normalized spacial score (nSPS) is 18.6. The molecule has 1 fully saturated rings. The molecule has 2 aromatic carbocycles. The van der Waals surface area contributed by atoms with Crippen LogP contribution in [-0.4, -0.2) is 54.5 Å². The standard InChI is InChI=1S/C26H32N2O3/c1-19-4-3-13-27(19)14-11-20-5-7-21(8-6-20)22-9-10-24-18-28(15-12-23(24)16-22)25(29)17-26(30)31-2/h5-10,16,19H,3-4,11-15,17-18H2,1-2H3/t19-/m1/s1. The van der Waals surface area contributed by atoms with Crippen molar-refractivity contribution >= 4 is 11.9 Å². The fraction of sp³-hybridized carbons (Fsp3) is 0.462. The summed E-state index contributed by atoms with van der Waals surface area (Å²) in [6.45, 7) is 5.91. The molecule has 2 aromatic rings. The first-order chi connectivity index (χ1) is 15.0. The van der Waals surface area contributed by atoms with Crippen molar-refractivity contribution in [2.45, 2.75) is 51.6 Å². The van der Waals surface area contributed by atoms with Crippen LogP contribution in [0.2, 0.25) is 0 Å². The van der Waals surface area contributed by atoms with Gasteiger partial charge in [0.2, 0.25) is 5.91 Å². The summed E-state index contributed by atoms with van der Waals surface area (Å²) in [6, 6.07) is 16.2. The number of likely N-dealkylation sites (tertiary alicyclic amines) is 1. The third-order valence-corrected chi connectivity index (χ3v) is 6.76. The van der Waals surface area contributed by atoms with Gasteiger partial charge in [-0.05, 0) is 67.0 Å². The van der Waals surface area contributed by atoms with Gasteiger partial charge in [-0.1, -0.05) is 42.5 Å². The minimum atomic E-state index is -0.482. The molecule has 0 bridgehead atoms. The molecule has 2 heterocycles. The maximum atomic E-state index is 12.3. The van der Waals surface area contributed by atoms with Crippen molar-refractivity contribution in [3.63, 3.8) is 0 Å². The lowest BCUT2D eigenvalue weighted by Gasteiger charge is -2.29. The molecule has 0 aromatic heterocycles. The van der Waals surface area contributed by atoms with Crippen molar-refractivity contribution in [1.82, 2.24) is 9.80 Å². The van der Waals surface area contributed by atoms with Crippen molar-refractivity contribution in [2.75, 3.05) is 26.7 Å². The third-order valence-electron chi connectivity index (χ3n) is 6.76. The van der Waals surface area contributed by atoms with E-state index in [-0.39, 0.29) is 12.3 Å². The second-order valence-electron chi connectivity index (χ2n) is 8.78. The second-order valence-corrected chi connectivity index (χ2v) is 8.78. The van der Waals surface area contributed by atoms with E-state index in [1.54, 1.807) is 4.90 Å². The SMILES string of the molecule is COC(=O)CC(=O)N1CCc2cc(-c3ccc(CCN4CCC[C@H]4C)cc3)ccc2C1. The first kappa shape index (κ1) is 21.6. The Morgan fingerprint density at radius 1 is 1.03 bits per heavy atom. The summed E-state index contributed by atoms with van der Waals surface area (Å²) in [6.07, 6.45) is 4.38. The minimum Gasteiger partial charge on any atom is -0.469 e. The van der Waals surface area contributed by atoms with E-state index in [4.69, 9.17) is 0 Å². The molecule has 31 heavy (non-hydrogen) atoms. The topological polar surface area (TPSA) is 49.9 Å². The minimum absolute atomic E-state index is 0.166. The van der Waals surface area contributed by atoms with E-state index in [0.717, 1.165) is 31.0 Å². The molecule has 0 spiro atoms. The molecule has 1 atom stereocenters. The van der Waals surface area contributed by atoms with Gasteiger partial charge in [-0.25, -0.2) is 0 Å². The van der Waals surface area contributed by atoms with Crippen molar-refractivity contribution < 1.29 is 14.3 Å². The van der Waals surface area contributed by atoms with Gasteiger partial charge in [0.05, 0.1) is 7.11 Å². The van der Waals surface area contributed by atoms with Gasteiger partial charge >= 0.3 is 5.97 Å². The molecule has 1 amide bonds. The van der Waals surface area contributed by atoms with Crippen LogP contribution in [0.3, 0.4) is 0 Å². The largest absolute Gasteiger partial charge is 0.469 e. The molecule has 2 aliphatic rings. The molecule has 5 nitrogen and oxygen atoms in total. The molecule has 5 heteroatoms. The van der Waals surface area contributed by atoms with Crippen molar-refractivity contribution in [1.29, 1.82) is 0 Å². The van der Waals surface area contributed by atoms with Crippen LogP contribution in [0.15, 0.2) is 42.5 Å². The Balaban J connectivity index is 1.38. The number of esters is 1. The lowest BCUT2D eigenvalue weighted by molar-refractivity contribution is -0.147.